The van der Waals surface area contributed by atoms with Gasteiger partial charge in [-0.2, -0.15) is 0 Å². The lowest BCUT2D eigenvalue weighted by atomic mass is 10.2. The highest BCUT2D eigenvalue weighted by Gasteiger charge is 2.48. The summed E-state index contributed by atoms with van der Waals surface area (Å²) in [5.41, 5.74) is 0.940. The van der Waals surface area contributed by atoms with Crippen molar-refractivity contribution in [3.8, 4) is 5.75 Å². The van der Waals surface area contributed by atoms with E-state index < -0.39 is 11.9 Å². The van der Waals surface area contributed by atoms with E-state index in [1.54, 1.807) is 7.11 Å². The number of benzene rings is 1. The quantitative estimate of drug-likeness (QED) is 0.700. The summed E-state index contributed by atoms with van der Waals surface area (Å²) in [4.78, 5) is 22.4. The Morgan fingerprint density at radius 3 is 2.52 bits per heavy atom. The second kappa shape index (κ2) is 7.08. The SMILES string of the molecule is COCCOc1ccc(CNC(=O)[C@H]2C[C@H]2C(=O)O)cc1. The van der Waals surface area contributed by atoms with Crippen LogP contribution in [0.1, 0.15) is 12.0 Å². The molecule has 0 saturated heterocycles. The summed E-state index contributed by atoms with van der Waals surface area (Å²) in [7, 11) is 1.61. The van der Waals surface area contributed by atoms with Gasteiger partial charge in [0.15, 0.2) is 0 Å². The van der Waals surface area contributed by atoms with Crippen LogP contribution < -0.4 is 10.1 Å². The highest BCUT2D eigenvalue weighted by atomic mass is 16.5. The number of aliphatic carboxylic acids is 1. The van der Waals surface area contributed by atoms with E-state index in [9.17, 15) is 9.59 Å². The minimum Gasteiger partial charge on any atom is -0.491 e. The van der Waals surface area contributed by atoms with E-state index >= 15 is 0 Å². The van der Waals surface area contributed by atoms with Crippen LogP contribution in [0.4, 0.5) is 0 Å². The van der Waals surface area contributed by atoms with Crippen molar-refractivity contribution >= 4 is 11.9 Å². The number of carboxylic acids is 1. The largest absolute Gasteiger partial charge is 0.491 e. The van der Waals surface area contributed by atoms with E-state index in [1.165, 1.54) is 0 Å². The lowest BCUT2D eigenvalue weighted by Gasteiger charge is -2.07. The Hall–Kier alpha value is -2.08. The summed E-state index contributed by atoms with van der Waals surface area (Å²) in [6.07, 6.45) is 0.438. The van der Waals surface area contributed by atoms with Gasteiger partial charge >= 0.3 is 5.97 Å². The molecule has 2 rings (SSSR count). The van der Waals surface area contributed by atoms with Crippen LogP contribution in [-0.2, 0) is 20.9 Å². The maximum absolute atomic E-state index is 11.7. The third kappa shape index (κ3) is 4.46. The van der Waals surface area contributed by atoms with Gasteiger partial charge < -0.3 is 19.9 Å². The fourth-order valence-electron chi connectivity index (χ4n) is 2.02. The van der Waals surface area contributed by atoms with Crippen LogP contribution in [-0.4, -0.2) is 37.3 Å². The normalized spacial score (nSPS) is 19.9. The Kier molecular flexibility index (Phi) is 5.16. The molecule has 0 aliphatic heterocycles. The first-order valence-corrected chi connectivity index (χ1v) is 6.83. The molecule has 0 bridgehead atoms. The summed E-state index contributed by atoms with van der Waals surface area (Å²) in [5, 5.41) is 11.5. The fourth-order valence-corrected chi connectivity index (χ4v) is 2.02. The zero-order chi connectivity index (χ0) is 15.2. The topological polar surface area (TPSA) is 84.9 Å². The van der Waals surface area contributed by atoms with E-state index in [-0.39, 0.29) is 11.8 Å². The first-order chi connectivity index (χ1) is 10.1. The Labute approximate surface area is 123 Å². The molecule has 6 nitrogen and oxygen atoms in total. The maximum atomic E-state index is 11.7. The Morgan fingerprint density at radius 2 is 1.95 bits per heavy atom. The van der Waals surface area contributed by atoms with Gasteiger partial charge in [-0.25, -0.2) is 0 Å². The zero-order valence-corrected chi connectivity index (χ0v) is 11.9. The molecule has 0 unspecified atom stereocenters. The van der Waals surface area contributed by atoms with E-state index in [2.05, 4.69) is 5.32 Å². The van der Waals surface area contributed by atoms with Gasteiger partial charge in [-0.3, -0.25) is 9.59 Å². The van der Waals surface area contributed by atoms with Crippen molar-refractivity contribution in [2.75, 3.05) is 20.3 Å². The van der Waals surface area contributed by atoms with Gasteiger partial charge in [0.25, 0.3) is 0 Å². The summed E-state index contributed by atoms with van der Waals surface area (Å²) in [6.45, 7) is 1.41. The first-order valence-electron chi connectivity index (χ1n) is 6.83. The van der Waals surface area contributed by atoms with Crippen molar-refractivity contribution in [2.24, 2.45) is 11.8 Å². The standard InChI is InChI=1S/C15H19NO5/c1-20-6-7-21-11-4-2-10(3-5-11)9-16-14(17)12-8-13(12)15(18)19/h2-5,12-13H,6-9H2,1H3,(H,16,17)(H,18,19)/t12-,13+/m0/s1. The van der Waals surface area contributed by atoms with Crippen LogP contribution >= 0.6 is 0 Å². The van der Waals surface area contributed by atoms with E-state index in [1.807, 2.05) is 24.3 Å². The number of amides is 1. The third-order valence-corrected chi connectivity index (χ3v) is 3.39. The van der Waals surface area contributed by atoms with Gasteiger partial charge in [-0.05, 0) is 24.1 Å². The van der Waals surface area contributed by atoms with Crippen molar-refractivity contribution in [1.29, 1.82) is 0 Å². The molecule has 0 radical (unpaired) electrons. The fraction of sp³-hybridized carbons (Fsp3) is 0.467. The van der Waals surface area contributed by atoms with Crippen LogP contribution in [0.5, 0.6) is 5.75 Å². The Balaban J connectivity index is 1.73. The second-order valence-corrected chi connectivity index (χ2v) is 4.99. The number of hydrogen-bond donors (Lipinski definition) is 2. The van der Waals surface area contributed by atoms with Crippen molar-refractivity contribution in [1.82, 2.24) is 5.32 Å². The number of hydrogen-bond acceptors (Lipinski definition) is 4. The number of carbonyl (C=O) groups is 2. The minimum atomic E-state index is -0.896. The number of nitrogens with one attached hydrogen (secondary N) is 1. The lowest BCUT2D eigenvalue weighted by molar-refractivity contribution is -0.140. The minimum absolute atomic E-state index is 0.192. The van der Waals surface area contributed by atoms with Gasteiger partial charge in [0.2, 0.25) is 5.91 Å². The number of carboxylic acid groups (broad SMARTS) is 1. The molecular formula is C15H19NO5. The highest BCUT2D eigenvalue weighted by Crippen LogP contribution is 2.38. The van der Waals surface area contributed by atoms with Crippen molar-refractivity contribution in [3.63, 3.8) is 0 Å². The third-order valence-electron chi connectivity index (χ3n) is 3.39. The Bertz CT molecular complexity index is 499. The molecule has 114 valence electrons. The van der Waals surface area contributed by atoms with Crippen LogP contribution in [0.25, 0.3) is 0 Å². The van der Waals surface area contributed by atoms with Gasteiger partial charge in [0.1, 0.15) is 12.4 Å². The first kappa shape index (κ1) is 15.3. The van der Waals surface area contributed by atoms with Crippen LogP contribution in [0.2, 0.25) is 0 Å². The predicted molar refractivity (Wildman–Crippen MR) is 74.9 cm³/mol. The smallest absolute Gasteiger partial charge is 0.307 e. The molecule has 1 aromatic carbocycles. The van der Waals surface area contributed by atoms with Gasteiger partial charge in [-0.15, -0.1) is 0 Å². The van der Waals surface area contributed by atoms with Crippen molar-refractivity contribution < 1.29 is 24.2 Å². The predicted octanol–water partition coefficient (Wildman–Crippen LogP) is 1.05. The molecule has 2 atom stereocenters. The second-order valence-electron chi connectivity index (χ2n) is 4.99. The number of carbonyl (C=O) groups excluding carboxylic acids is 1. The van der Waals surface area contributed by atoms with Gasteiger partial charge in [-0.1, -0.05) is 12.1 Å². The molecule has 6 heteroatoms. The van der Waals surface area contributed by atoms with E-state index in [0.717, 1.165) is 11.3 Å². The zero-order valence-electron chi connectivity index (χ0n) is 11.9. The Morgan fingerprint density at radius 1 is 1.24 bits per heavy atom. The summed E-state index contributed by atoms with van der Waals surface area (Å²) in [5.74, 6) is -1.23. The molecule has 1 saturated carbocycles. The van der Waals surface area contributed by atoms with Gasteiger partial charge in [0, 0.05) is 13.7 Å². The molecule has 1 amide bonds. The van der Waals surface area contributed by atoms with Crippen molar-refractivity contribution in [3.05, 3.63) is 29.8 Å². The van der Waals surface area contributed by atoms with Crippen LogP contribution in [0, 0.1) is 11.8 Å². The molecule has 0 spiro atoms. The summed E-state index contributed by atoms with van der Waals surface area (Å²) >= 11 is 0. The van der Waals surface area contributed by atoms with E-state index in [4.69, 9.17) is 14.6 Å². The summed E-state index contributed by atoms with van der Waals surface area (Å²) < 4.78 is 10.3. The average Bonchev–Trinajstić information content (AvgIpc) is 3.27. The van der Waals surface area contributed by atoms with E-state index in [0.29, 0.717) is 26.2 Å². The molecule has 0 aromatic heterocycles. The monoisotopic (exact) mass is 293 g/mol. The number of methoxy groups -OCH3 is 1. The molecule has 1 fully saturated rings. The maximum Gasteiger partial charge on any atom is 0.307 e. The van der Waals surface area contributed by atoms with Crippen LogP contribution in [0.15, 0.2) is 24.3 Å². The summed E-state index contributed by atoms with van der Waals surface area (Å²) in [6, 6.07) is 7.39. The number of ether oxygens (including phenoxy) is 2. The highest BCUT2D eigenvalue weighted by molar-refractivity contribution is 5.89. The molecule has 1 aromatic rings. The average molecular weight is 293 g/mol. The number of rotatable bonds is 8. The molecule has 1 aliphatic carbocycles. The molecule has 21 heavy (non-hydrogen) atoms. The molecule has 0 heterocycles. The molecule has 2 N–H and O–H groups in total. The molecular weight excluding hydrogens is 274 g/mol. The van der Waals surface area contributed by atoms with Crippen LogP contribution in [0.3, 0.4) is 0 Å². The van der Waals surface area contributed by atoms with Gasteiger partial charge in [0.05, 0.1) is 18.4 Å². The lowest BCUT2D eigenvalue weighted by Crippen LogP contribution is -2.25. The molecule has 1 aliphatic rings. The van der Waals surface area contributed by atoms with Crippen molar-refractivity contribution in [2.45, 2.75) is 13.0 Å².